The average molecular weight is 225 g/mol. The van der Waals surface area contributed by atoms with Crippen molar-refractivity contribution in [3.63, 3.8) is 0 Å². The molecule has 12 heavy (non-hydrogen) atoms. The van der Waals surface area contributed by atoms with E-state index in [9.17, 15) is 9.00 Å². The molecule has 2 atom stereocenters. The molecule has 0 saturated carbocycles. The number of rotatable bonds is 1. The molecule has 0 bridgehead atoms. The summed E-state index contributed by atoms with van der Waals surface area (Å²) < 4.78 is 10.9. The lowest BCUT2D eigenvalue weighted by molar-refractivity contribution is -0.128. The lowest BCUT2D eigenvalue weighted by Gasteiger charge is -2.06. The largest absolute Gasteiger partial charge is 0.477 e. The molecule has 1 heterocycles. The number of hydrogen-bond donors (Lipinski definition) is 2. The first-order valence-electron chi connectivity index (χ1n) is 3.12. The fourth-order valence-electron chi connectivity index (χ4n) is 0.730. The molecule has 0 radical (unpaired) electrons. The van der Waals surface area contributed by atoms with Gasteiger partial charge in [-0.15, -0.1) is 11.8 Å². The Morgan fingerprint density at radius 2 is 2.42 bits per heavy atom. The van der Waals surface area contributed by atoms with Crippen molar-refractivity contribution in [3.05, 3.63) is 0 Å². The molecule has 1 aliphatic heterocycles. The highest BCUT2D eigenvalue weighted by Crippen LogP contribution is 2.13. The second-order valence-corrected chi connectivity index (χ2v) is 5.37. The quantitative estimate of drug-likeness (QED) is 0.601. The average Bonchev–Trinajstić information content (AvgIpc) is 2.53. The molecule has 1 rings (SSSR count). The van der Waals surface area contributed by atoms with E-state index < -0.39 is 21.0 Å². The summed E-state index contributed by atoms with van der Waals surface area (Å²) in [5.74, 6) is 0.0978. The fraction of sp³-hybridized carbons (Fsp3) is 0.600. The molecule has 4 nitrogen and oxygen atoms in total. The summed E-state index contributed by atoms with van der Waals surface area (Å²) in [4.78, 5) is 10.3. The van der Waals surface area contributed by atoms with Crippen LogP contribution in [0.15, 0.2) is 0 Å². The number of carbonyl (C=O) groups is 1. The molecular formula is C5H7NO3S3. The summed E-state index contributed by atoms with van der Waals surface area (Å²) in [6, 6.07) is 0. The zero-order valence-corrected chi connectivity index (χ0v) is 8.43. The number of carboxylic acids is 1. The summed E-state index contributed by atoms with van der Waals surface area (Å²) in [6.45, 7) is 0. The van der Waals surface area contributed by atoms with Crippen LogP contribution in [0.25, 0.3) is 0 Å². The van der Waals surface area contributed by atoms with E-state index in [1.165, 1.54) is 0 Å². The van der Waals surface area contributed by atoms with Crippen LogP contribution in [0.5, 0.6) is 0 Å². The fourth-order valence-corrected chi connectivity index (χ4v) is 3.40. The highest BCUT2D eigenvalue weighted by Gasteiger charge is 2.27. The SMILES string of the molecule is O=C(O)C(=S)S(=O)C1CSCN1. The van der Waals surface area contributed by atoms with Crippen LogP contribution >= 0.6 is 24.0 Å². The van der Waals surface area contributed by atoms with Gasteiger partial charge in [-0.25, -0.2) is 4.79 Å². The maximum Gasteiger partial charge on any atom is 0.356 e. The number of hydrogen-bond acceptors (Lipinski definition) is 5. The highest BCUT2D eigenvalue weighted by molar-refractivity contribution is 8.16. The highest BCUT2D eigenvalue weighted by atomic mass is 32.2. The van der Waals surface area contributed by atoms with E-state index in [-0.39, 0.29) is 5.37 Å². The molecule has 1 aliphatic rings. The predicted molar refractivity (Wildman–Crippen MR) is 52.6 cm³/mol. The summed E-state index contributed by atoms with van der Waals surface area (Å²) in [5.41, 5.74) is 0. The lowest BCUT2D eigenvalue weighted by atomic mass is 10.7. The van der Waals surface area contributed by atoms with Gasteiger partial charge in [0.25, 0.3) is 0 Å². The van der Waals surface area contributed by atoms with Gasteiger partial charge >= 0.3 is 5.97 Å². The van der Waals surface area contributed by atoms with Crippen LogP contribution in [0, 0.1) is 0 Å². The smallest absolute Gasteiger partial charge is 0.356 e. The minimum atomic E-state index is -1.57. The molecule has 1 fully saturated rings. The zero-order valence-electron chi connectivity index (χ0n) is 5.98. The topological polar surface area (TPSA) is 66.4 Å². The van der Waals surface area contributed by atoms with E-state index in [2.05, 4.69) is 17.5 Å². The van der Waals surface area contributed by atoms with Crippen LogP contribution in [0.4, 0.5) is 0 Å². The van der Waals surface area contributed by atoms with Crippen molar-refractivity contribution in [2.45, 2.75) is 5.37 Å². The monoisotopic (exact) mass is 225 g/mol. The van der Waals surface area contributed by atoms with Crippen LogP contribution in [-0.4, -0.2) is 36.5 Å². The number of thioether (sulfide) groups is 1. The first-order valence-corrected chi connectivity index (χ1v) is 5.89. The molecular weight excluding hydrogens is 218 g/mol. The molecule has 7 heteroatoms. The van der Waals surface area contributed by atoms with Gasteiger partial charge in [-0.05, 0) is 0 Å². The molecule has 0 aromatic heterocycles. The maximum absolute atomic E-state index is 11.3. The van der Waals surface area contributed by atoms with Crippen LogP contribution in [0.2, 0.25) is 0 Å². The van der Waals surface area contributed by atoms with Crippen LogP contribution in [-0.2, 0) is 15.6 Å². The Balaban J connectivity index is 2.57. The Labute approximate surface area is 81.6 Å². The van der Waals surface area contributed by atoms with E-state index in [1.54, 1.807) is 11.8 Å². The minimum Gasteiger partial charge on any atom is -0.477 e. The second-order valence-electron chi connectivity index (χ2n) is 2.10. The lowest BCUT2D eigenvalue weighted by Crippen LogP contribution is -2.34. The summed E-state index contributed by atoms with van der Waals surface area (Å²) in [7, 11) is -1.57. The Kier molecular flexibility index (Phi) is 3.63. The van der Waals surface area contributed by atoms with Crippen LogP contribution < -0.4 is 5.32 Å². The maximum atomic E-state index is 11.3. The molecule has 0 aromatic rings. The summed E-state index contributed by atoms with van der Waals surface area (Å²) in [5, 5.41) is 11.1. The van der Waals surface area contributed by atoms with Gasteiger partial charge in [-0.2, -0.15) is 0 Å². The number of thiocarbonyl (C=S) groups is 1. The standard InChI is InChI=1S/C5H7NO3S3/c7-4(8)5(10)12(9)3-1-11-2-6-3/h3,6H,1-2H2,(H,7,8). The van der Waals surface area contributed by atoms with E-state index in [0.29, 0.717) is 11.6 Å². The van der Waals surface area contributed by atoms with Crippen molar-refractivity contribution >= 4 is 44.9 Å². The van der Waals surface area contributed by atoms with Gasteiger partial charge < -0.3 is 5.11 Å². The molecule has 0 aromatic carbocycles. The Hall–Kier alpha value is 0.0200. The summed E-state index contributed by atoms with van der Waals surface area (Å²) in [6.07, 6.45) is 0. The number of carboxylic acid groups (broad SMARTS) is 1. The molecule has 0 spiro atoms. The van der Waals surface area contributed by atoms with E-state index in [0.717, 1.165) is 0 Å². The van der Waals surface area contributed by atoms with E-state index in [4.69, 9.17) is 5.11 Å². The van der Waals surface area contributed by atoms with Gasteiger partial charge in [-0.3, -0.25) is 9.53 Å². The van der Waals surface area contributed by atoms with E-state index >= 15 is 0 Å². The third-order valence-corrected chi connectivity index (χ3v) is 4.51. The van der Waals surface area contributed by atoms with Crippen molar-refractivity contribution in [1.82, 2.24) is 5.32 Å². The van der Waals surface area contributed by atoms with Crippen molar-refractivity contribution in [2.24, 2.45) is 0 Å². The number of aliphatic carboxylic acids is 1. The Morgan fingerprint density at radius 1 is 1.75 bits per heavy atom. The van der Waals surface area contributed by atoms with Gasteiger partial charge in [0.15, 0.2) is 4.20 Å². The van der Waals surface area contributed by atoms with Gasteiger partial charge in [0.1, 0.15) is 0 Å². The number of nitrogens with one attached hydrogen (secondary N) is 1. The van der Waals surface area contributed by atoms with Crippen molar-refractivity contribution in [2.75, 3.05) is 11.6 Å². The normalized spacial score (nSPS) is 25.2. The van der Waals surface area contributed by atoms with Gasteiger partial charge in [0.2, 0.25) is 0 Å². The van der Waals surface area contributed by atoms with Crippen molar-refractivity contribution in [3.8, 4) is 0 Å². The van der Waals surface area contributed by atoms with Crippen molar-refractivity contribution < 1.29 is 14.1 Å². The molecule has 2 unspecified atom stereocenters. The van der Waals surface area contributed by atoms with Crippen molar-refractivity contribution in [1.29, 1.82) is 0 Å². The van der Waals surface area contributed by atoms with Crippen LogP contribution in [0.1, 0.15) is 0 Å². The van der Waals surface area contributed by atoms with Gasteiger partial charge in [0.05, 0.1) is 16.2 Å². The molecule has 0 aliphatic carbocycles. The second kappa shape index (κ2) is 4.31. The predicted octanol–water partition coefficient (Wildman–Crippen LogP) is -0.233. The molecule has 0 amide bonds. The summed E-state index contributed by atoms with van der Waals surface area (Å²) >= 11 is 6.07. The molecule has 2 N–H and O–H groups in total. The Morgan fingerprint density at radius 3 is 2.83 bits per heavy atom. The third-order valence-electron chi connectivity index (χ3n) is 1.30. The zero-order chi connectivity index (χ0) is 9.14. The molecule has 1 saturated heterocycles. The van der Waals surface area contributed by atoms with Gasteiger partial charge in [0, 0.05) is 11.6 Å². The van der Waals surface area contributed by atoms with Gasteiger partial charge in [-0.1, -0.05) is 12.2 Å². The first kappa shape index (κ1) is 10.1. The van der Waals surface area contributed by atoms with Crippen LogP contribution in [0.3, 0.4) is 0 Å². The minimum absolute atomic E-state index is 0.293. The third kappa shape index (κ3) is 2.25. The van der Waals surface area contributed by atoms with E-state index in [1.807, 2.05) is 0 Å². The Bertz CT molecular complexity index is 236. The first-order chi connectivity index (χ1) is 5.63. The molecule has 68 valence electrons.